The number of hydrogen-bond donors (Lipinski definition) is 1. The van der Waals surface area contributed by atoms with Crippen LogP contribution in [0.3, 0.4) is 0 Å². The number of benzene rings is 1. The predicted molar refractivity (Wildman–Crippen MR) is 110 cm³/mol. The molecule has 0 aromatic heterocycles. The highest BCUT2D eigenvalue weighted by atomic mass is 16.5. The Kier molecular flexibility index (Phi) is 6.77. The number of piperidine rings is 1. The number of ether oxygens (including phenoxy) is 1. The number of carbonyl (C=O) groups excluding carboxylic acids is 3. The van der Waals surface area contributed by atoms with Crippen LogP contribution in [-0.4, -0.2) is 65.3 Å². The maximum Gasteiger partial charge on any atom is 0.253 e. The van der Waals surface area contributed by atoms with Gasteiger partial charge in [-0.15, -0.1) is 0 Å². The molecule has 0 bridgehead atoms. The van der Waals surface area contributed by atoms with E-state index in [0.29, 0.717) is 50.9 Å². The van der Waals surface area contributed by atoms with Gasteiger partial charge in [-0.05, 0) is 64.3 Å². The van der Waals surface area contributed by atoms with Gasteiger partial charge < -0.3 is 19.9 Å². The summed E-state index contributed by atoms with van der Waals surface area (Å²) < 4.78 is 5.43. The number of carbonyl (C=O) groups is 3. The molecule has 29 heavy (non-hydrogen) atoms. The minimum absolute atomic E-state index is 0.00616. The summed E-state index contributed by atoms with van der Waals surface area (Å²) in [6.45, 7) is 7.52. The second-order valence-corrected chi connectivity index (χ2v) is 8.00. The highest BCUT2D eigenvalue weighted by molar-refractivity contribution is 5.94. The van der Waals surface area contributed by atoms with Crippen LogP contribution in [0.4, 0.5) is 0 Å². The normalized spacial score (nSPS) is 20.3. The fourth-order valence-electron chi connectivity index (χ4n) is 4.19. The number of amides is 3. The quantitative estimate of drug-likeness (QED) is 0.793. The maximum atomic E-state index is 12.8. The molecule has 2 fully saturated rings. The highest BCUT2D eigenvalue weighted by Gasteiger charge is 2.41. The molecule has 1 aromatic carbocycles. The van der Waals surface area contributed by atoms with E-state index in [1.807, 2.05) is 37.8 Å². The number of nitrogens with zero attached hydrogens (tertiary/aromatic N) is 2. The fraction of sp³-hybridized carbons (Fsp3) is 0.591. The van der Waals surface area contributed by atoms with Gasteiger partial charge in [0.1, 0.15) is 11.8 Å². The summed E-state index contributed by atoms with van der Waals surface area (Å²) in [6, 6.07) is 6.87. The van der Waals surface area contributed by atoms with Crippen molar-refractivity contribution in [3.8, 4) is 5.75 Å². The summed E-state index contributed by atoms with van der Waals surface area (Å²) in [5, 5.41) is 2.93. The SMILES string of the molecule is CCOc1ccc(C(=O)N2CCC(N3C(=O)CCC3C(=O)NC(C)C)CC2)cc1. The van der Waals surface area contributed by atoms with Crippen molar-refractivity contribution in [1.29, 1.82) is 0 Å². The molecular formula is C22H31N3O4. The second-order valence-electron chi connectivity index (χ2n) is 8.00. The van der Waals surface area contributed by atoms with Crippen LogP contribution >= 0.6 is 0 Å². The van der Waals surface area contributed by atoms with Gasteiger partial charge in [0.2, 0.25) is 11.8 Å². The first kappa shape index (κ1) is 21.1. The van der Waals surface area contributed by atoms with Crippen LogP contribution in [0.15, 0.2) is 24.3 Å². The maximum absolute atomic E-state index is 12.8. The average Bonchev–Trinajstić information content (AvgIpc) is 3.09. The lowest BCUT2D eigenvalue weighted by molar-refractivity contribution is -0.138. The number of rotatable bonds is 6. The zero-order valence-electron chi connectivity index (χ0n) is 17.5. The molecular weight excluding hydrogens is 370 g/mol. The largest absolute Gasteiger partial charge is 0.494 e. The lowest BCUT2D eigenvalue weighted by Crippen LogP contribution is -2.54. The zero-order chi connectivity index (χ0) is 21.0. The summed E-state index contributed by atoms with van der Waals surface area (Å²) in [6.07, 6.45) is 2.38. The highest BCUT2D eigenvalue weighted by Crippen LogP contribution is 2.28. The van der Waals surface area contributed by atoms with Crippen LogP contribution in [0.1, 0.15) is 56.8 Å². The van der Waals surface area contributed by atoms with Crippen LogP contribution in [0.25, 0.3) is 0 Å². The topological polar surface area (TPSA) is 79.0 Å². The monoisotopic (exact) mass is 401 g/mol. The van der Waals surface area contributed by atoms with Crippen molar-refractivity contribution in [1.82, 2.24) is 15.1 Å². The summed E-state index contributed by atoms with van der Waals surface area (Å²) in [5.74, 6) is 0.721. The van der Waals surface area contributed by atoms with Gasteiger partial charge in [-0.2, -0.15) is 0 Å². The van der Waals surface area contributed by atoms with Crippen LogP contribution < -0.4 is 10.1 Å². The van der Waals surface area contributed by atoms with E-state index in [1.54, 1.807) is 17.0 Å². The Balaban J connectivity index is 1.59. The average molecular weight is 402 g/mol. The van der Waals surface area contributed by atoms with Crippen LogP contribution in [0.5, 0.6) is 5.75 Å². The summed E-state index contributed by atoms with van der Waals surface area (Å²) in [7, 11) is 0. The summed E-state index contributed by atoms with van der Waals surface area (Å²) >= 11 is 0. The summed E-state index contributed by atoms with van der Waals surface area (Å²) in [5.41, 5.74) is 0.637. The summed E-state index contributed by atoms with van der Waals surface area (Å²) in [4.78, 5) is 41.4. The van der Waals surface area contributed by atoms with Crippen molar-refractivity contribution in [2.45, 2.75) is 64.6 Å². The van der Waals surface area contributed by atoms with Gasteiger partial charge in [-0.25, -0.2) is 0 Å². The number of nitrogens with one attached hydrogen (secondary N) is 1. The molecule has 7 nitrogen and oxygen atoms in total. The van der Waals surface area contributed by atoms with Crippen LogP contribution in [0.2, 0.25) is 0 Å². The first-order valence-corrected chi connectivity index (χ1v) is 10.5. The minimum Gasteiger partial charge on any atom is -0.494 e. The molecule has 2 saturated heterocycles. The molecule has 1 unspecified atom stereocenters. The van der Waals surface area contributed by atoms with Crippen LogP contribution in [-0.2, 0) is 9.59 Å². The van der Waals surface area contributed by atoms with Crippen molar-refractivity contribution in [2.75, 3.05) is 19.7 Å². The van der Waals surface area contributed by atoms with E-state index in [1.165, 1.54) is 0 Å². The predicted octanol–water partition coefficient (Wildman–Crippen LogP) is 2.21. The molecule has 0 radical (unpaired) electrons. The van der Waals surface area contributed by atoms with Gasteiger partial charge in [0.15, 0.2) is 0 Å². The number of likely N-dealkylation sites (tertiary alicyclic amines) is 2. The Morgan fingerprint density at radius 2 is 1.79 bits per heavy atom. The first-order valence-electron chi connectivity index (χ1n) is 10.5. The Bertz CT molecular complexity index is 739. The van der Waals surface area contributed by atoms with Gasteiger partial charge in [0, 0.05) is 37.2 Å². The third-order valence-corrected chi connectivity index (χ3v) is 5.55. The van der Waals surface area contributed by atoms with E-state index in [9.17, 15) is 14.4 Å². The molecule has 0 saturated carbocycles. The lowest BCUT2D eigenvalue weighted by atomic mass is 10.0. The molecule has 7 heteroatoms. The van der Waals surface area contributed by atoms with E-state index in [4.69, 9.17) is 4.74 Å². The Morgan fingerprint density at radius 3 is 2.38 bits per heavy atom. The third kappa shape index (κ3) is 4.89. The molecule has 2 aliphatic heterocycles. The fourth-order valence-corrected chi connectivity index (χ4v) is 4.19. The van der Waals surface area contributed by atoms with Crippen LogP contribution in [0, 0.1) is 0 Å². The zero-order valence-corrected chi connectivity index (χ0v) is 17.5. The van der Waals surface area contributed by atoms with Gasteiger partial charge in [-0.1, -0.05) is 0 Å². The van der Waals surface area contributed by atoms with Gasteiger partial charge >= 0.3 is 0 Å². The minimum atomic E-state index is -0.386. The molecule has 3 rings (SSSR count). The molecule has 2 aliphatic rings. The van der Waals surface area contributed by atoms with Crippen molar-refractivity contribution in [3.05, 3.63) is 29.8 Å². The molecule has 1 aromatic rings. The molecule has 1 atom stereocenters. The van der Waals surface area contributed by atoms with Crippen molar-refractivity contribution in [3.63, 3.8) is 0 Å². The Labute approximate surface area is 172 Å². The molecule has 2 heterocycles. The van der Waals surface area contributed by atoms with E-state index < -0.39 is 0 Å². The standard InChI is InChI=1S/C22H31N3O4/c1-4-29-18-7-5-16(6-8-18)22(28)24-13-11-17(12-14-24)25-19(9-10-20(25)26)21(27)23-15(2)3/h5-8,15,17,19H,4,9-14H2,1-3H3,(H,23,27). The van der Waals surface area contributed by atoms with Gasteiger partial charge in [0.25, 0.3) is 5.91 Å². The third-order valence-electron chi connectivity index (χ3n) is 5.55. The van der Waals surface area contributed by atoms with E-state index >= 15 is 0 Å². The molecule has 3 amide bonds. The number of hydrogen-bond acceptors (Lipinski definition) is 4. The molecule has 158 valence electrons. The Morgan fingerprint density at radius 1 is 1.14 bits per heavy atom. The molecule has 0 spiro atoms. The van der Waals surface area contributed by atoms with E-state index in [2.05, 4.69) is 5.32 Å². The molecule has 1 N–H and O–H groups in total. The van der Waals surface area contributed by atoms with Gasteiger partial charge in [0.05, 0.1) is 6.61 Å². The van der Waals surface area contributed by atoms with E-state index in [0.717, 1.165) is 5.75 Å². The van der Waals surface area contributed by atoms with E-state index in [-0.39, 0.29) is 35.8 Å². The lowest BCUT2D eigenvalue weighted by Gasteiger charge is -2.39. The van der Waals surface area contributed by atoms with Gasteiger partial charge in [-0.3, -0.25) is 14.4 Å². The van der Waals surface area contributed by atoms with Crippen molar-refractivity contribution in [2.24, 2.45) is 0 Å². The first-order chi connectivity index (χ1) is 13.9. The van der Waals surface area contributed by atoms with Crippen molar-refractivity contribution < 1.29 is 19.1 Å². The molecule has 0 aliphatic carbocycles. The van der Waals surface area contributed by atoms with Crippen molar-refractivity contribution >= 4 is 17.7 Å². The second kappa shape index (κ2) is 9.29. The Hall–Kier alpha value is -2.57. The smallest absolute Gasteiger partial charge is 0.253 e.